The van der Waals surface area contributed by atoms with Crippen molar-refractivity contribution >= 4 is 0 Å². The summed E-state index contributed by atoms with van der Waals surface area (Å²) >= 11 is 0. The zero-order valence-electron chi connectivity index (χ0n) is 13.4. The second-order valence-corrected chi connectivity index (χ2v) is 3.79. The van der Waals surface area contributed by atoms with Crippen molar-refractivity contribution in [1.82, 2.24) is 0 Å². The number of rotatable bonds is 0. The van der Waals surface area contributed by atoms with E-state index < -0.39 is 0 Å². The third-order valence-electron chi connectivity index (χ3n) is 2.56. The van der Waals surface area contributed by atoms with Crippen molar-refractivity contribution in [2.75, 3.05) is 0 Å². The fraction of sp³-hybridized carbons (Fsp3) is 0.556. The van der Waals surface area contributed by atoms with Crippen LogP contribution in [0.1, 0.15) is 64.2 Å². The quantitative estimate of drug-likeness (QED) is 0.250. The Bertz CT molecular complexity index is 264. The molecule has 6 heteroatoms. The molecular weight excluding hydrogens is 392 g/mol. The molecule has 0 unspecified atom stereocenters. The first-order valence-electron chi connectivity index (χ1n) is 6.57. The molecule has 4 nitrogen and oxygen atoms in total. The van der Waals surface area contributed by atoms with Gasteiger partial charge in [-0.15, -0.1) is 0 Å². The van der Waals surface area contributed by atoms with Crippen LogP contribution in [0.15, 0.2) is 0 Å². The maximum absolute atomic E-state index is 7.50. The Balaban J connectivity index is -0.0000000292. The Kier molecular flexibility index (Phi) is 145. The molecule has 0 heterocycles. The third-order valence-corrected chi connectivity index (χ3v) is 2.56. The first kappa shape index (κ1) is 43.5. The van der Waals surface area contributed by atoms with Crippen molar-refractivity contribution in [3.8, 4) is 11.8 Å². The minimum Gasteiger partial charge on any atom is 0 e. The minimum absolute atomic E-state index is 0. The van der Waals surface area contributed by atoms with Gasteiger partial charge in [0.25, 0.3) is 0 Å². The summed E-state index contributed by atoms with van der Waals surface area (Å²) in [6.45, 7) is 18.0. The van der Waals surface area contributed by atoms with Crippen molar-refractivity contribution in [1.29, 1.82) is 0 Å². The first-order chi connectivity index (χ1) is 10.9. The van der Waals surface area contributed by atoms with Crippen molar-refractivity contribution in [3.05, 3.63) is 39.4 Å². The molecule has 2 aliphatic carbocycles. The molecule has 0 aromatic rings. The van der Waals surface area contributed by atoms with Gasteiger partial charge in [-0.1, -0.05) is 64.2 Å². The SMILES string of the molecule is C1CCCC1.C1CCCC1.[C-]#CC#[C-].[C-]#[O+].[C-]#[O+].[C-]#[O+].[C-]#[O+].[Fe].[Fe]. The molecule has 0 radical (unpaired) electrons. The summed E-state index contributed by atoms with van der Waals surface area (Å²) in [6, 6.07) is 0. The average molecular weight is 412 g/mol. The van der Waals surface area contributed by atoms with Crippen LogP contribution in [0.2, 0.25) is 0 Å². The van der Waals surface area contributed by atoms with E-state index in [2.05, 4.69) is 26.6 Å². The topological polar surface area (TPSA) is 79.6 Å². The van der Waals surface area contributed by atoms with Crippen molar-refractivity contribution in [3.63, 3.8) is 0 Å². The fourth-order valence-electron chi connectivity index (χ4n) is 1.77. The summed E-state index contributed by atoms with van der Waals surface area (Å²) in [6.07, 6.45) is 26.8. The van der Waals surface area contributed by atoms with Gasteiger partial charge in [0.1, 0.15) is 0 Å². The van der Waals surface area contributed by atoms with Gasteiger partial charge in [-0.05, 0) is 0 Å². The predicted octanol–water partition coefficient (Wildman–Crippen LogP) is 3.91. The van der Waals surface area contributed by atoms with E-state index in [9.17, 15) is 0 Å². The molecule has 0 spiro atoms. The second-order valence-electron chi connectivity index (χ2n) is 3.79. The summed E-state index contributed by atoms with van der Waals surface area (Å²) in [5.74, 6) is 3.19. The van der Waals surface area contributed by atoms with E-state index in [-0.39, 0.29) is 34.1 Å². The molecular formula is C18H20Fe2O4-2. The van der Waals surface area contributed by atoms with Crippen LogP contribution in [0.5, 0.6) is 0 Å². The van der Waals surface area contributed by atoms with Crippen LogP contribution in [-0.4, -0.2) is 0 Å². The van der Waals surface area contributed by atoms with Gasteiger partial charge in [0.05, 0.1) is 0 Å². The Morgan fingerprint density at radius 1 is 0.375 bits per heavy atom. The summed E-state index contributed by atoms with van der Waals surface area (Å²) in [7, 11) is 0. The van der Waals surface area contributed by atoms with Crippen LogP contribution in [0.3, 0.4) is 0 Å². The van der Waals surface area contributed by atoms with E-state index in [4.69, 9.17) is 31.5 Å². The fourth-order valence-corrected chi connectivity index (χ4v) is 1.77. The summed E-state index contributed by atoms with van der Waals surface area (Å²) in [5, 5.41) is 0. The van der Waals surface area contributed by atoms with Gasteiger partial charge in [0, 0.05) is 34.1 Å². The maximum atomic E-state index is 7.50. The van der Waals surface area contributed by atoms with E-state index in [0.717, 1.165) is 0 Å². The molecule has 0 atom stereocenters. The van der Waals surface area contributed by atoms with Crippen LogP contribution in [-0.2, 0) is 52.7 Å². The van der Waals surface area contributed by atoms with Gasteiger partial charge in [0.15, 0.2) is 0 Å². The number of hydrogen-bond donors (Lipinski definition) is 0. The van der Waals surface area contributed by atoms with Gasteiger partial charge in [0.2, 0.25) is 0 Å². The summed E-state index contributed by atoms with van der Waals surface area (Å²) in [5.41, 5.74) is 0. The van der Waals surface area contributed by atoms with Crippen LogP contribution in [0.4, 0.5) is 0 Å². The molecule has 0 aromatic carbocycles. The molecule has 0 bridgehead atoms. The van der Waals surface area contributed by atoms with Crippen LogP contribution < -0.4 is 0 Å². The smallest absolute Gasteiger partial charge is 0 e. The van der Waals surface area contributed by atoms with Crippen molar-refractivity contribution in [2.24, 2.45) is 0 Å². The molecule has 0 N–H and O–H groups in total. The van der Waals surface area contributed by atoms with Gasteiger partial charge in [-0.3, -0.25) is 0 Å². The van der Waals surface area contributed by atoms with Gasteiger partial charge >= 0.3 is 45.2 Å². The molecule has 24 heavy (non-hydrogen) atoms. The molecule has 2 rings (SSSR count). The molecule has 0 aliphatic heterocycles. The zero-order valence-corrected chi connectivity index (χ0v) is 15.6. The van der Waals surface area contributed by atoms with E-state index >= 15 is 0 Å². The van der Waals surface area contributed by atoms with Gasteiger partial charge in [-0.25, -0.2) is 0 Å². The molecule has 0 amide bonds. The van der Waals surface area contributed by atoms with Crippen molar-refractivity contribution < 1.29 is 52.7 Å². The molecule has 0 aromatic heterocycles. The molecule has 2 fully saturated rings. The van der Waals surface area contributed by atoms with E-state index in [1.54, 1.807) is 11.8 Å². The average Bonchev–Trinajstić information content (AvgIpc) is 3.40. The molecule has 0 saturated heterocycles. The molecule has 134 valence electrons. The minimum atomic E-state index is 0. The van der Waals surface area contributed by atoms with Gasteiger partial charge < -0.3 is 24.7 Å². The van der Waals surface area contributed by atoms with Crippen LogP contribution in [0, 0.1) is 51.3 Å². The largest absolute Gasteiger partial charge is 0 e. The van der Waals surface area contributed by atoms with E-state index in [1.165, 1.54) is 64.2 Å². The van der Waals surface area contributed by atoms with Gasteiger partial charge in [-0.2, -0.15) is 0 Å². The van der Waals surface area contributed by atoms with Crippen LogP contribution >= 0.6 is 0 Å². The first-order valence-corrected chi connectivity index (χ1v) is 6.57. The Labute approximate surface area is 168 Å². The van der Waals surface area contributed by atoms with Crippen LogP contribution in [0.25, 0.3) is 0 Å². The van der Waals surface area contributed by atoms with E-state index in [1.807, 2.05) is 0 Å². The zero-order chi connectivity index (χ0) is 18.5. The molecule has 2 aliphatic rings. The number of hydrogen-bond acceptors (Lipinski definition) is 0. The Hall–Kier alpha value is -0.881. The standard InChI is InChI=1S/2C5H10.C4.4CO.2Fe/c2*1-2-4-5-3-1;1-3-4-2;4*1-2;;/h2*1-5H2;;;;;;;/q;;-2;;;;;;. The summed E-state index contributed by atoms with van der Waals surface area (Å²) in [4.78, 5) is 0. The predicted molar refractivity (Wildman–Crippen MR) is 76.2 cm³/mol. The maximum Gasteiger partial charge on any atom is 0 e. The van der Waals surface area contributed by atoms with E-state index in [0.29, 0.717) is 0 Å². The Morgan fingerprint density at radius 3 is 0.500 bits per heavy atom. The summed E-state index contributed by atoms with van der Waals surface area (Å²) < 4.78 is 30.0. The Morgan fingerprint density at radius 2 is 0.458 bits per heavy atom. The normalized spacial score (nSPS) is 10.8. The molecule has 2 saturated carbocycles. The third kappa shape index (κ3) is 83.5. The van der Waals surface area contributed by atoms with Crippen molar-refractivity contribution in [2.45, 2.75) is 64.2 Å². The second kappa shape index (κ2) is 79.8. The monoisotopic (exact) mass is 412 g/mol.